The molecule has 7 nitrogen and oxygen atoms in total. The van der Waals surface area contributed by atoms with Gasteiger partial charge < -0.3 is 0 Å². The lowest BCUT2D eigenvalue weighted by Crippen LogP contribution is -2.15. The lowest BCUT2D eigenvalue weighted by Gasteiger charge is -1.99. The van der Waals surface area contributed by atoms with Crippen LogP contribution in [0.4, 0.5) is 5.13 Å². The Bertz CT molecular complexity index is 879. The van der Waals surface area contributed by atoms with Gasteiger partial charge in [0.2, 0.25) is 5.82 Å². The van der Waals surface area contributed by atoms with Crippen molar-refractivity contribution in [3.8, 4) is 5.69 Å². The minimum absolute atomic E-state index is 0.0554. The average Bonchev–Trinajstić information content (AvgIpc) is 3.15. The predicted octanol–water partition coefficient (Wildman–Crippen LogP) is 2.39. The molecule has 1 amide bonds. The van der Waals surface area contributed by atoms with E-state index in [9.17, 15) is 9.59 Å². The number of benzene rings is 1. The van der Waals surface area contributed by atoms with Gasteiger partial charge in [0.05, 0.1) is 11.4 Å². The van der Waals surface area contributed by atoms with E-state index in [0.29, 0.717) is 10.8 Å². The summed E-state index contributed by atoms with van der Waals surface area (Å²) in [6.45, 7) is 4.05. The van der Waals surface area contributed by atoms with Gasteiger partial charge in [-0.05, 0) is 18.1 Å². The van der Waals surface area contributed by atoms with Gasteiger partial charge in [0.15, 0.2) is 5.13 Å². The van der Waals surface area contributed by atoms with Gasteiger partial charge in [0, 0.05) is 5.38 Å². The molecule has 23 heavy (non-hydrogen) atoms. The quantitative estimate of drug-likeness (QED) is 0.768. The maximum atomic E-state index is 12.2. The van der Waals surface area contributed by atoms with Gasteiger partial charge in [-0.2, -0.15) is 4.68 Å². The average molecular weight is 329 g/mol. The second kappa shape index (κ2) is 6.17. The first kappa shape index (κ1) is 15.2. The highest BCUT2D eigenvalue weighted by Crippen LogP contribution is 2.21. The number of H-pyrrole nitrogens is 1. The van der Waals surface area contributed by atoms with Crippen molar-refractivity contribution in [3.05, 3.63) is 57.7 Å². The number of rotatable bonds is 4. The summed E-state index contributed by atoms with van der Waals surface area (Å²) in [7, 11) is 0. The zero-order valence-corrected chi connectivity index (χ0v) is 13.4. The summed E-state index contributed by atoms with van der Waals surface area (Å²) in [5.74, 6) is -0.268. The first-order valence-corrected chi connectivity index (χ1v) is 7.94. The Balaban J connectivity index is 1.82. The standard InChI is InChI=1S/C15H15N5O2S/c1-9(2)11-8-23-14(16-11)18-13(21)12-17-15(22)20(19-12)10-6-4-3-5-7-10/h3-9H,1-2H3,(H,16,18,21)(H,17,19,22). The molecule has 0 saturated carbocycles. The summed E-state index contributed by atoms with van der Waals surface area (Å²) in [5.41, 5.74) is 1.03. The molecule has 0 saturated heterocycles. The first-order valence-electron chi connectivity index (χ1n) is 7.06. The van der Waals surface area contributed by atoms with E-state index in [0.717, 1.165) is 10.4 Å². The Labute approximate surface area is 136 Å². The number of aromatic nitrogens is 4. The molecule has 0 unspecified atom stereocenters. The minimum Gasteiger partial charge on any atom is -0.295 e. The van der Waals surface area contributed by atoms with E-state index in [4.69, 9.17) is 0 Å². The van der Waals surface area contributed by atoms with Gasteiger partial charge in [-0.1, -0.05) is 32.0 Å². The number of carbonyl (C=O) groups excluding carboxylic acids is 1. The van der Waals surface area contributed by atoms with Crippen LogP contribution in [0, 0.1) is 0 Å². The van der Waals surface area contributed by atoms with Crippen molar-refractivity contribution in [2.75, 3.05) is 5.32 Å². The van der Waals surface area contributed by atoms with Gasteiger partial charge in [0.1, 0.15) is 0 Å². The molecule has 0 bridgehead atoms. The zero-order chi connectivity index (χ0) is 16.4. The van der Waals surface area contributed by atoms with Crippen LogP contribution in [0.1, 0.15) is 36.1 Å². The lowest BCUT2D eigenvalue weighted by atomic mass is 10.2. The maximum absolute atomic E-state index is 12.2. The summed E-state index contributed by atoms with van der Waals surface area (Å²) in [5, 5.41) is 9.05. The molecule has 2 N–H and O–H groups in total. The first-order chi connectivity index (χ1) is 11.0. The van der Waals surface area contributed by atoms with Gasteiger partial charge >= 0.3 is 5.69 Å². The van der Waals surface area contributed by atoms with Gasteiger partial charge in [-0.15, -0.1) is 16.4 Å². The number of aromatic amines is 1. The molecule has 1 aromatic carbocycles. The molecule has 2 aromatic heterocycles. The molecule has 3 aromatic rings. The summed E-state index contributed by atoms with van der Waals surface area (Å²) >= 11 is 1.34. The molecule has 2 heterocycles. The Hall–Kier alpha value is -2.74. The second-order valence-electron chi connectivity index (χ2n) is 5.21. The van der Waals surface area contributed by atoms with Crippen molar-refractivity contribution in [2.45, 2.75) is 19.8 Å². The van der Waals surface area contributed by atoms with E-state index in [2.05, 4.69) is 20.4 Å². The summed E-state index contributed by atoms with van der Waals surface area (Å²) < 4.78 is 1.15. The van der Waals surface area contributed by atoms with Crippen LogP contribution in [0.3, 0.4) is 0 Å². The minimum atomic E-state index is -0.499. The molecule has 0 fully saturated rings. The van der Waals surface area contributed by atoms with E-state index < -0.39 is 11.6 Å². The normalized spacial score (nSPS) is 10.9. The molecule has 0 atom stereocenters. The highest BCUT2D eigenvalue weighted by molar-refractivity contribution is 7.14. The van der Waals surface area contributed by atoms with Crippen LogP contribution in [0.5, 0.6) is 0 Å². The molecule has 0 aliphatic carbocycles. The van der Waals surface area contributed by atoms with Crippen molar-refractivity contribution in [3.63, 3.8) is 0 Å². The fraction of sp³-hybridized carbons (Fsp3) is 0.200. The Morgan fingerprint density at radius 3 is 2.70 bits per heavy atom. The Kier molecular flexibility index (Phi) is 4.07. The van der Waals surface area contributed by atoms with Gasteiger partial charge in [-0.25, -0.2) is 9.78 Å². The molecule has 0 spiro atoms. The molecule has 118 valence electrons. The van der Waals surface area contributed by atoms with Crippen LogP contribution in [0.2, 0.25) is 0 Å². The number of nitrogens with one attached hydrogen (secondary N) is 2. The largest absolute Gasteiger partial charge is 0.348 e. The van der Waals surface area contributed by atoms with Gasteiger partial charge in [0.25, 0.3) is 5.91 Å². The molecule has 0 aliphatic heterocycles. The fourth-order valence-electron chi connectivity index (χ4n) is 1.94. The Morgan fingerprint density at radius 2 is 2.04 bits per heavy atom. The highest BCUT2D eigenvalue weighted by Gasteiger charge is 2.16. The number of anilines is 1. The van der Waals surface area contributed by atoms with Crippen LogP contribution in [0.25, 0.3) is 5.69 Å². The van der Waals surface area contributed by atoms with Crippen LogP contribution < -0.4 is 11.0 Å². The maximum Gasteiger partial charge on any atom is 0.348 e. The highest BCUT2D eigenvalue weighted by atomic mass is 32.1. The Morgan fingerprint density at radius 1 is 1.30 bits per heavy atom. The molecule has 0 aliphatic rings. The molecular weight excluding hydrogens is 314 g/mol. The van der Waals surface area contributed by atoms with E-state index in [1.165, 1.54) is 11.3 Å². The van der Waals surface area contributed by atoms with E-state index >= 15 is 0 Å². The van der Waals surface area contributed by atoms with Crippen LogP contribution >= 0.6 is 11.3 Å². The SMILES string of the molecule is CC(C)c1csc(NC(=O)c2nn(-c3ccccc3)c(=O)[nH]2)n1. The van der Waals surface area contributed by atoms with E-state index in [1.807, 2.05) is 25.3 Å². The molecule has 3 rings (SSSR count). The van der Waals surface area contributed by atoms with Crippen molar-refractivity contribution in [2.24, 2.45) is 0 Å². The van der Waals surface area contributed by atoms with E-state index in [1.54, 1.807) is 24.3 Å². The molecule has 8 heteroatoms. The van der Waals surface area contributed by atoms with E-state index in [-0.39, 0.29) is 11.7 Å². The third kappa shape index (κ3) is 3.21. The third-order valence-corrected chi connectivity index (χ3v) is 3.94. The summed E-state index contributed by atoms with van der Waals surface area (Å²) in [6.07, 6.45) is 0. The van der Waals surface area contributed by atoms with Crippen molar-refractivity contribution in [1.82, 2.24) is 19.7 Å². The van der Waals surface area contributed by atoms with Crippen molar-refractivity contribution >= 4 is 22.4 Å². The third-order valence-electron chi connectivity index (χ3n) is 3.17. The number of hydrogen-bond acceptors (Lipinski definition) is 5. The van der Waals surface area contributed by atoms with Crippen LogP contribution in [0.15, 0.2) is 40.5 Å². The molecule has 0 radical (unpaired) electrons. The number of para-hydroxylation sites is 1. The molecular formula is C15H15N5O2S. The number of nitrogens with zero attached hydrogens (tertiary/aromatic N) is 3. The smallest absolute Gasteiger partial charge is 0.295 e. The topological polar surface area (TPSA) is 92.7 Å². The number of hydrogen-bond donors (Lipinski definition) is 2. The van der Waals surface area contributed by atoms with Crippen LogP contribution in [-0.2, 0) is 0 Å². The van der Waals surface area contributed by atoms with Crippen LogP contribution in [-0.4, -0.2) is 25.7 Å². The number of carbonyl (C=O) groups is 1. The lowest BCUT2D eigenvalue weighted by molar-refractivity contribution is 0.101. The number of thiazole rings is 1. The van der Waals surface area contributed by atoms with Gasteiger partial charge in [-0.3, -0.25) is 15.1 Å². The number of amides is 1. The van der Waals surface area contributed by atoms with Crippen molar-refractivity contribution in [1.29, 1.82) is 0 Å². The summed E-state index contributed by atoms with van der Waals surface area (Å²) in [6, 6.07) is 8.89. The monoisotopic (exact) mass is 329 g/mol. The zero-order valence-electron chi connectivity index (χ0n) is 12.6. The summed E-state index contributed by atoms with van der Waals surface area (Å²) in [4.78, 5) is 30.9. The predicted molar refractivity (Wildman–Crippen MR) is 88.3 cm³/mol. The fourth-order valence-corrected chi connectivity index (χ4v) is 2.80. The van der Waals surface area contributed by atoms with Crippen molar-refractivity contribution < 1.29 is 4.79 Å². The second-order valence-corrected chi connectivity index (χ2v) is 6.07.